The highest BCUT2D eigenvalue weighted by Gasteiger charge is 2.25. The van der Waals surface area contributed by atoms with Gasteiger partial charge in [0.25, 0.3) is 5.91 Å². The number of carbonyl (C=O) groups is 2. The van der Waals surface area contributed by atoms with Crippen molar-refractivity contribution in [2.75, 3.05) is 0 Å². The van der Waals surface area contributed by atoms with Gasteiger partial charge in [-0.3, -0.25) is 9.59 Å². The summed E-state index contributed by atoms with van der Waals surface area (Å²) in [6.07, 6.45) is 2.36. The SMILES string of the molecule is O=C(CC(NC(=O)c1ccccc1)c1ccccc1)NC1CC1. The van der Waals surface area contributed by atoms with Crippen LogP contribution in [0.1, 0.15) is 41.2 Å². The lowest BCUT2D eigenvalue weighted by Gasteiger charge is -2.19. The summed E-state index contributed by atoms with van der Waals surface area (Å²) in [7, 11) is 0. The van der Waals surface area contributed by atoms with Crippen molar-refractivity contribution in [2.45, 2.75) is 31.3 Å². The van der Waals surface area contributed by atoms with E-state index in [2.05, 4.69) is 10.6 Å². The van der Waals surface area contributed by atoms with Crippen LogP contribution in [0, 0.1) is 0 Å². The van der Waals surface area contributed by atoms with E-state index < -0.39 is 0 Å². The third kappa shape index (κ3) is 4.42. The molecule has 3 rings (SSSR count). The molecule has 1 aliphatic carbocycles. The molecule has 0 aliphatic heterocycles. The molecule has 23 heavy (non-hydrogen) atoms. The number of rotatable bonds is 6. The zero-order valence-corrected chi connectivity index (χ0v) is 12.9. The molecule has 0 bridgehead atoms. The molecule has 1 atom stereocenters. The van der Waals surface area contributed by atoms with Crippen LogP contribution >= 0.6 is 0 Å². The van der Waals surface area contributed by atoms with Crippen LogP contribution in [0.4, 0.5) is 0 Å². The Morgan fingerprint density at radius 1 is 0.957 bits per heavy atom. The highest BCUT2D eigenvalue weighted by atomic mass is 16.2. The Labute approximate surface area is 135 Å². The fourth-order valence-corrected chi connectivity index (χ4v) is 2.47. The summed E-state index contributed by atoms with van der Waals surface area (Å²) < 4.78 is 0. The molecule has 0 radical (unpaired) electrons. The molecule has 1 fully saturated rings. The first kappa shape index (κ1) is 15.3. The molecule has 2 aromatic carbocycles. The Bertz CT molecular complexity index is 666. The largest absolute Gasteiger partial charge is 0.353 e. The lowest BCUT2D eigenvalue weighted by atomic mass is 10.0. The molecule has 4 nitrogen and oxygen atoms in total. The molecule has 0 heterocycles. The van der Waals surface area contributed by atoms with Crippen molar-refractivity contribution < 1.29 is 9.59 Å². The third-order valence-electron chi connectivity index (χ3n) is 3.88. The summed E-state index contributed by atoms with van der Waals surface area (Å²) in [5, 5.41) is 5.95. The number of benzene rings is 2. The van der Waals surface area contributed by atoms with Gasteiger partial charge in [-0.05, 0) is 30.5 Å². The van der Waals surface area contributed by atoms with E-state index in [4.69, 9.17) is 0 Å². The molecule has 1 aliphatic rings. The molecule has 1 saturated carbocycles. The number of amides is 2. The first-order chi connectivity index (χ1) is 11.2. The van der Waals surface area contributed by atoms with Crippen LogP contribution in [0.2, 0.25) is 0 Å². The predicted molar refractivity (Wildman–Crippen MR) is 88.9 cm³/mol. The first-order valence-electron chi connectivity index (χ1n) is 7.92. The van der Waals surface area contributed by atoms with Crippen LogP contribution in [-0.4, -0.2) is 17.9 Å². The maximum Gasteiger partial charge on any atom is 0.251 e. The number of nitrogens with one attached hydrogen (secondary N) is 2. The minimum Gasteiger partial charge on any atom is -0.353 e. The standard InChI is InChI=1S/C19H20N2O2/c22-18(20-16-11-12-16)13-17(14-7-3-1-4-8-14)21-19(23)15-9-5-2-6-10-15/h1-10,16-17H,11-13H2,(H,20,22)(H,21,23). The van der Waals surface area contributed by atoms with Gasteiger partial charge in [0.05, 0.1) is 12.5 Å². The monoisotopic (exact) mass is 308 g/mol. The second-order valence-corrected chi connectivity index (χ2v) is 5.85. The van der Waals surface area contributed by atoms with E-state index >= 15 is 0 Å². The zero-order chi connectivity index (χ0) is 16.1. The van der Waals surface area contributed by atoms with E-state index in [1.54, 1.807) is 12.1 Å². The van der Waals surface area contributed by atoms with Gasteiger partial charge in [-0.2, -0.15) is 0 Å². The van der Waals surface area contributed by atoms with Crippen molar-refractivity contribution in [3.05, 3.63) is 71.8 Å². The van der Waals surface area contributed by atoms with E-state index in [1.165, 1.54) is 0 Å². The summed E-state index contributed by atoms with van der Waals surface area (Å²) in [5.74, 6) is -0.187. The Kier molecular flexibility index (Phi) is 4.71. The van der Waals surface area contributed by atoms with E-state index in [9.17, 15) is 9.59 Å². The highest BCUT2D eigenvalue weighted by molar-refractivity contribution is 5.94. The van der Waals surface area contributed by atoms with Gasteiger partial charge in [-0.1, -0.05) is 48.5 Å². The van der Waals surface area contributed by atoms with Gasteiger partial charge in [0.15, 0.2) is 0 Å². The average molecular weight is 308 g/mol. The molecule has 0 aromatic heterocycles. The first-order valence-corrected chi connectivity index (χ1v) is 7.92. The Morgan fingerprint density at radius 2 is 1.57 bits per heavy atom. The van der Waals surface area contributed by atoms with Crippen molar-refractivity contribution >= 4 is 11.8 Å². The van der Waals surface area contributed by atoms with Gasteiger partial charge in [-0.25, -0.2) is 0 Å². The maximum absolute atomic E-state index is 12.4. The normalized spacial score (nSPS) is 14.8. The summed E-state index contributed by atoms with van der Waals surface area (Å²) in [5.41, 5.74) is 1.53. The van der Waals surface area contributed by atoms with Crippen LogP contribution in [-0.2, 0) is 4.79 Å². The number of hydrogen-bond acceptors (Lipinski definition) is 2. The van der Waals surface area contributed by atoms with Crippen molar-refractivity contribution in [3.8, 4) is 0 Å². The van der Waals surface area contributed by atoms with Gasteiger partial charge < -0.3 is 10.6 Å². The van der Waals surface area contributed by atoms with Gasteiger partial charge in [0.2, 0.25) is 5.91 Å². The maximum atomic E-state index is 12.4. The lowest BCUT2D eigenvalue weighted by molar-refractivity contribution is -0.121. The molecule has 0 saturated heterocycles. The van der Waals surface area contributed by atoms with E-state index in [0.29, 0.717) is 11.6 Å². The summed E-state index contributed by atoms with van der Waals surface area (Å²) >= 11 is 0. The molecule has 4 heteroatoms. The minimum atomic E-state index is -0.331. The van der Waals surface area contributed by atoms with Crippen LogP contribution in [0.25, 0.3) is 0 Å². The number of carbonyl (C=O) groups excluding carboxylic acids is 2. The van der Waals surface area contributed by atoms with Crippen molar-refractivity contribution in [3.63, 3.8) is 0 Å². The molecule has 2 amide bonds. The predicted octanol–water partition coefficient (Wildman–Crippen LogP) is 2.83. The topological polar surface area (TPSA) is 58.2 Å². The smallest absolute Gasteiger partial charge is 0.251 e. The minimum absolute atomic E-state index is 0.0188. The Morgan fingerprint density at radius 3 is 2.17 bits per heavy atom. The van der Waals surface area contributed by atoms with Crippen LogP contribution in [0.5, 0.6) is 0 Å². The molecule has 1 unspecified atom stereocenters. The quantitative estimate of drug-likeness (QED) is 0.862. The van der Waals surface area contributed by atoms with E-state index in [-0.39, 0.29) is 24.3 Å². The molecule has 2 aromatic rings. The lowest BCUT2D eigenvalue weighted by Crippen LogP contribution is -2.34. The van der Waals surface area contributed by atoms with Crippen LogP contribution in [0.3, 0.4) is 0 Å². The molecule has 0 spiro atoms. The molecular weight excluding hydrogens is 288 g/mol. The number of hydrogen-bond donors (Lipinski definition) is 2. The fraction of sp³-hybridized carbons (Fsp3) is 0.263. The fourth-order valence-electron chi connectivity index (χ4n) is 2.47. The summed E-state index contributed by atoms with van der Waals surface area (Å²) in [6, 6.07) is 18.7. The van der Waals surface area contributed by atoms with Crippen LogP contribution in [0.15, 0.2) is 60.7 Å². The average Bonchev–Trinajstić information content (AvgIpc) is 3.39. The van der Waals surface area contributed by atoms with Gasteiger partial charge >= 0.3 is 0 Å². The van der Waals surface area contributed by atoms with Crippen molar-refractivity contribution in [1.82, 2.24) is 10.6 Å². The summed E-state index contributed by atoms with van der Waals surface area (Å²) in [6.45, 7) is 0. The van der Waals surface area contributed by atoms with Gasteiger partial charge in [0, 0.05) is 11.6 Å². The molecule has 118 valence electrons. The highest BCUT2D eigenvalue weighted by Crippen LogP contribution is 2.21. The van der Waals surface area contributed by atoms with E-state index in [0.717, 1.165) is 18.4 Å². The molecular formula is C19H20N2O2. The second kappa shape index (κ2) is 7.09. The zero-order valence-electron chi connectivity index (χ0n) is 12.9. The third-order valence-corrected chi connectivity index (χ3v) is 3.88. The van der Waals surface area contributed by atoms with Crippen molar-refractivity contribution in [1.29, 1.82) is 0 Å². The Balaban J connectivity index is 1.71. The second-order valence-electron chi connectivity index (χ2n) is 5.85. The van der Waals surface area contributed by atoms with Crippen molar-refractivity contribution in [2.24, 2.45) is 0 Å². The van der Waals surface area contributed by atoms with Gasteiger partial charge in [0.1, 0.15) is 0 Å². The Hall–Kier alpha value is -2.62. The summed E-state index contributed by atoms with van der Waals surface area (Å²) in [4.78, 5) is 24.5. The van der Waals surface area contributed by atoms with Gasteiger partial charge in [-0.15, -0.1) is 0 Å². The van der Waals surface area contributed by atoms with E-state index in [1.807, 2.05) is 48.5 Å². The van der Waals surface area contributed by atoms with Crippen LogP contribution < -0.4 is 10.6 Å². The molecule has 2 N–H and O–H groups in total.